The highest BCUT2D eigenvalue weighted by molar-refractivity contribution is 4.89. The molecule has 0 aromatic heterocycles. The van der Waals surface area contributed by atoms with E-state index in [0.29, 0.717) is 0 Å². The van der Waals surface area contributed by atoms with E-state index in [1.54, 1.807) is 0 Å². The molecule has 5 N–H and O–H groups in total. The Hall–Kier alpha value is -0.0800. The Morgan fingerprint density at radius 1 is 0.722 bits per heavy atom. The van der Waals surface area contributed by atoms with Gasteiger partial charge >= 0.3 is 0 Å². The van der Waals surface area contributed by atoms with Crippen molar-refractivity contribution in [1.29, 1.82) is 0 Å². The van der Waals surface area contributed by atoms with Gasteiger partial charge in [-0.2, -0.15) is 0 Å². The number of hydrogen-bond donors (Lipinski definition) is 2. The minimum atomic E-state index is -0.0614. The maximum absolute atomic E-state index is 6.21. The Kier molecular flexibility index (Phi) is 11.0. The number of rotatable bonds is 10. The lowest BCUT2D eigenvalue weighted by Gasteiger charge is -2.38. The van der Waals surface area contributed by atoms with Gasteiger partial charge in [0.1, 0.15) is 0 Å². The molecule has 0 bridgehead atoms. The molecule has 0 saturated carbocycles. The Labute approximate surface area is 116 Å². The molecule has 112 valence electrons. The highest BCUT2D eigenvalue weighted by Crippen LogP contribution is 2.33. The normalized spacial score (nSPS) is 12.3. The summed E-state index contributed by atoms with van der Waals surface area (Å²) >= 11 is 0. The van der Waals surface area contributed by atoms with Crippen LogP contribution in [0.3, 0.4) is 0 Å². The molecule has 2 nitrogen and oxygen atoms in total. The van der Waals surface area contributed by atoms with Crippen LogP contribution in [0.5, 0.6) is 0 Å². The molecule has 0 aliphatic rings. The van der Waals surface area contributed by atoms with Crippen molar-refractivity contribution in [1.82, 2.24) is 6.15 Å². The van der Waals surface area contributed by atoms with Gasteiger partial charge in [0.05, 0.1) is 0 Å². The first-order chi connectivity index (χ1) is 7.81. The third-order valence-electron chi connectivity index (χ3n) is 4.40. The number of hydrogen-bond acceptors (Lipinski definition) is 2. The van der Waals surface area contributed by atoms with Gasteiger partial charge in [-0.15, -0.1) is 0 Å². The van der Waals surface area contributed by atoms with Gasteiger partial charge in [-0.05, 0) is 25.7 Å². The molecule has 0 aliphatic carbocycles. The van der Waals surface area contributed by atoms with Crippen LogP contribution in [0.15, 0.2) is 0 Å². The molecule has 18 heavy (non-hydrogen) atoms. The molecule has 0 aliphatic heterocycles. The third kappa shape index (κ3) is 8.93. The third-order valence-corrected chi connectivity index (χ3v) is 4.40. The van der Waals surface area contributed by atoms with Crippen LogP contribution < -0.4 is 11.9 Å². The molecule has 0 heterocycles. The molecule has 0 aromatic carbocycles. The van der Waals surface area contributed by atoms with E-state index in [0.717, 1.165) is 0 Å². The van der Waals surface area contributed by atoms with E-state index in [2.05, 4.69) is 34.6 Å². The summed E-state index contributed by atoms with van der Waals surface area (Å²) in [5.74, 6) is 0. The van der Waals surface area contributed by atoms with Gasteiger partial charge in [-0.3, -0.25) is 0 Å². The van der Waals surface area contributed by atoms with Gasteiger partial charge < -0.3 is 11.9 Å². The molecule has 0 rings (SSSR count). The van der Waals surface area contributed by atoms with Crippen LogP contribution in [0.1, 0.15) is 92.4 Å². The molecule has 0 fully saturated rings. The van der Waals surface area contributed by atoms with E-state index < -0.39 is 0 Å². The molecule has 0 saturated heterocycles. The summed E-state index contributed by atoms with van der Waals surface area (Å²) in [5.41, 5.74) is 6.41. The second-order valence-electron chi connectivity index (χ2n) is 6.83. The standard InChI is InChI=1S/C16H35N.H3N/c1-6-7-8-9-10-11-12-13-14-15(2,3)16(4,5)17;/h6-14,17H2,1-5H3;1H3. The average molecular weight is 258 g/mol. The monoisotopic (exact) mass is 258 g/mol. The first kappa shape index (κ1) is 20.2. The molecule has 0 amide bonds. The van der Waals surface area contributed by atoms with Crippen LogP contribution in [0, 0.1) is 5.41 Å². The van der Waals surface area contributed by atoms with Crippen LogP contribution in [-0.4, -0.2) is 5.54 Å². The smallest absolute Gasteiger partial charge is 0.0148 e. The van der Waals surface area contributed by atoms with Crippen molar-refractivity contribution < 1.29 is 0 Å². The van der Waals surface area contributed by atoms with E-state index in [-0.39, 0.29) is 17.1 Å². The quantitative estimate of drug-likeness (QED) is 0.512. The van der Waals surface area contributed by atoms with Crippen molar-refractivity contribution in [2.24, 2.45) is 11.1 Å². The van der Waals surface area contributed by atoms with E-state index in [4.69, 9.17) is 5.73 Å². The van der Waals surface area contributed by atoms with Crippen molar-refractivity contribution in [3.63, 3.8) is 0 Å². The molecular formula is C16H38N2. The maximum atomic E-state index is 6.21. The predicted octanol–water partition coefficient (Wildman–Crippen LogP) is 5.44. The summed E-state index contributed by atoms with van der Waals surface area (Å²) in [7, 11) is 0. The second-order valence-corrected chi connectivity index (χ2v) is 6.83. The van der Waals surface area contributed by atoms with Crippen LogP contribution in [0.25, 0.3) is 0 Å². The number of unbranched alkanes of at least 4 members (excludes halogenated alkanes) is 7. The van der Waals surface area contributed by atoms with E-state index >= 15 is 0 Å². The molecular weight excluding hydrogens is 220 g/mol. The highest BCUT2D eigenvalue weighted by Gasteiger charge is 2.32. The van der Waals surface area contributed by atoms with Crippen molar-refractivity contribution in [2.75, 3.05) is 0 Å². The predicted molar refractivity (Wildman–Crippen MR) is 84.3 cm³/mol. The van der Waals surface area contributed by atoms with Crippen LogP contribution in [-0.2, 0) is 0 Å². The molecule has 0 atom stereocenters. The molecule has 0 radical (unpaired) electrons. The summed E-state index contributed by atoms with van der Waals surface area (Å²) in [4.78, 5) is 0. The van der Waals surface area contributed by atoms with Gasteiger partial charge in [0.15, 0.2) is 0 Å². The summed E-state index contributed by atoms with van der Waals surface area (Å²) in [5, 5.41) is 0. The van der Waals surface area contributed by atoms with Crippen molar-refractivity contribution in [3.05, 3.63) is 0 Å². The van der Waals surface area contributed by atoms with Gasteiger partial charge in [0, 0.05) is 5.54 Å². The van der Waals surface area contributed by atoms with Crippen molar-refractivity contribution in [3.8, 4) is 0 Å². The average Bonchev–Trinajstić information content (AvgIpc) is 2.20. The van der Waals surface area contributed by atoms with E-state index in [9.17, 15) is 0 Å². The van der Waals surface area contributed by atoms with Gasteiger partial charge in [-0.25, -0.2) is 0 Å². The number of nitrogens with two attached hydrogens (primary N) is 1. The van der Waals surface area contributed by atoms with Gasteiger partial charge in [0.2, 0.25) is 0 Å². The lowest BCUT2D eigenvalue weighted by Crippen LogP contribution is -2.47. The van der Waals surface area contributed by atoms with E-state index in [1.165, 1.54) is 57.8 Å². The van der Waals surface area contributed by atoms with E-state index in [1.807, 2.05) is 0 Å². The summed E-state index contributed by atoms with van der Waals surface area (Å²) in [6.45, 7) is 11.2. The lowest BCUT2D eigenvalue weighted by molar-refractivity contribution is 0.180. The second kappa shape index (κ2) is 9.80. The summed E-state index contributed by atoms with van der Waals surface area (Å²) in [6.07, 6.45) is 12.4. The summed E-state index contributed by atoms with van der Waals surface area (Å²) in [6, 6.07) is 0. The topological polar surface area (TPSA) is 61.0 Å². The van der Waals surface area contributed by atoms with Crippen LogP contribution >= 0.6 is 0 Å². The minimum Gasteiger partial charge on any atom is -0.344 e. The fourth-order valence-electron chi connectivity index (χ4n) is 2.02. The zero-order valence-corrected chi connectivity index (χ0v) is 13.6. The molecule has 0 unspecified atom stereocenters. The maximum Gasteiger partial charge on any atom is 0.0148 e. The molecule has 2 heteroatoms. The Morgan fingerprint density at radius 3 is 1.50 bits per heavy atom. The zero-order valence-electron chi connectivity index (χ0n) is 13.6. The largest absolute Gasteiger partial charge is 0.344 e. The van der Waals surface area contributed by atoms with Gasteiger partial charge in [-0.1, -0.05) is 72.1 Å². The lowest BCUT2D eigenvalue weighted by atomic mass is 9.72. The molecule has 0 spiro atoms. The first-order valence-electron chi connectivity index (χ1n) is 7.60. The van der Waals surface area contributed by atoms with Crippen LogP contribution in [0.4, 0.5) is 0 Å². The fourth-order valence-corrected chi connectivity index (χ4v) is 2.02. The SMILES string of the molecule is CCCCCCCCCCC(C)(C)C(C)(C)N.N. The highest BCUT2D eigenvalue weighted by atomic mass is 14.7. The fraction of sp³-hybridized carbons (Fsp3) is 1.00. The Morgan fingerprint density at radius 2 is 1.11 bits per heavy atom. The van der Waals surface area contributed by atoms with Crippen molar-refractivity contribution in [2.45, 2.75) is 97.9 Å². The Bertz CT molecular complexity index is 180. The van der Waals surface area contributed by atoms with Crippen LogP contribution in [0.2, 0.25) is 0 Å². The zero-order chi connectivity index (χ0) is 13.4. The van der Waals surface area contributed by atoms with Crippen molar-refractivity contribution >= 4 is 0 Å². The Balaban J connectivity index is 0. The summed E-state index contributed by atoms with van der Waals surface area (Å²) < 4.78 is 0. The van der Waals surface area contributed by atoms with Gasteiger partial charge in [0.25, 0.3) is 0 Å². The minimum absolute atomic E-state index is 0. The first-order valence-corrected chi connectivity index (χ1v) is 7.60. The molecule has 0 aromatic rings.